The Hall–Kier alpha value is -2.03. The first-order valence-corrected chi connectivity index (χ1v) is 7.58. The van der Waals surface area contributed by atoms with Gasteiger partial charge in [-0.15, -0.1) is 0 Å². The number of hydrogen-bond acceptors (Lipinski definition) is 1. The van der Waals surface area contributed by atoms with Crippen LogP contribution in [0.15, 0.2) is 30.3 Å². The molecule has 1 aromatic heterocycles. The van der Waals surface area contributed by atoms with Crippen molar-refractivity contribution in [1.82, 2.24) is 9.88 Å². The van der Waals surface area contributed by atoms with Crippen molar-refractivity contribution in [2.24, 2.45) is 0 Å². The molecule has 0 unspecified atom stereocenters. The van der Waals surface area contributed by atoms with Gasteiger partial charge in [-0.05, 0) is 45.2 Å². The van der Waals surface area contributed by atoms with Crippen LogP contribution in [0.4, 0.5) is 0 Å². The van der Waals surface area contributed by atoms with Crippen molar-refractivity contribution in [1.29, 1.82) is 0 Å². The number of carbonyl (C=O) groups excluding carboxylic acids is 1. The van der Waals surface area contributed by atoms with E-state index in [9.17, 15) is 4.79 Å². The van der Waals surface area contributed by atoms with Gasteiger partial charge in [0.05, 0.1) is 5.56 Å². The maximum Gasteiger partial charge on any atom is 0.253 e. The third-order valence-corrected chi connectivity index (χ3v) is 4.18. The Balaban J connectivity index is 1.72. The van der Waals surface area contributed by atoms with E-state index in [1.807, 2.05) is 25.1 Å². The first-order valence-electron chi connectivity index (χ1n) is 7.58. The maximum atomic E-state index is 12.4. The third-order valence-electron chi connectivity index (χ3n) is 4.18. The zero-order valence-electron chi connectivity index (χ0n) is 12.9. The van der Waals surface area contributed by atoms with Gasteiger partial charge in [-0.1, -0.05) is 29.8 Å². The first kappa shape index (κ1) is 13.9. The third kappa shape index (κ3) is 2.87. The molecule has 1 aromatic carbocycles. The molecule has 0 radical (unpaired) electrons. The number of aryl methyl sites for hydroxylation is 2. The molecule has 3 rings (SSSR count). The van der Waals surface area contributed by atoms with E-state index in [1.54, 1.807) is 0 Å². The standard InChI is InChI=1S/C18H22N2O/c1-12-5-4-6-15(9-12)11-19-18(21)17-10-13(2)20(14(17)3)16-7-8-16/h4-6,9-10,16H,7-8,11H2,1-3H3,(H,19,21). The molecule has 0 atom stereocenters. The molecule has 2 aromatic rings. The summed E-state index contributed by atoms with van der Waals surface area (Å²) in [5, 5.41) is 3.03. The molecule has 1 heterocycles. The molecule has 1 aliphatic carbocycles. The highest BCUT2D eigenvalue weighted by Crippen LogP contribution is 2.38. The highest BCUT2D eigenvalue weighted by Gasteiger charge is 2.28. The van der Waals surface area contributed by atoms with Crippen LogP contribution in [0.25, 0.3) is 0 Å². The van der Waals surface area contributed by atoms with Gasteiger partial charge in [-0.2, -0.15) is 0 Å². The first-order chi connectivity index (χ1) is 10.1. The number of nitrogens with zero attached hydrogens (tertiary/aromatic N) is 1. The Bertz CT molecular complexity index is 681. The van der Waals surface area contributed by atoms with Crippen molar-refractivity contribution in [3.63, 3.8) is 0 Å². The molecule has 1 fully saturated rings. The SMILES string of the molecule is Cc1cccc(CNC(=O)c2cc(C)n(C3CC3)c2C)c1. The zero-order chi connectivity index (χ0) is 15.0. The lowest BCUT2D eigenvalue weighted by molar-refractivity contribution is 0.0950. The maximum absolute atomic E-state index is 12.4. The molecule has 3 nitrogen and oxygen atoms in total. The molecular weight excluding hydrogens is 260 g/mol. The van der Waals surface area contributed by atoms with Gasteiger partial charge in [0.1, 0.15) is 0 Å². The molecule has 0 aliphatic heterocycles. The number of carbonyl (C=O) groups is 1. The molecular formula is C18H22N2O. The fourth-order valence-corrected chi connectivity index (χ4v) is 3.00. The summed E-state index contributed by atoms with van der Waals surface area (Å²) in [6.07, 6.45) is 2.47. The molecule has 110 valence electrons. The van der Waals surface area contributed by atoms with E-state index in [1.165, 1.54) is 24.1 Å². The second kappa shape index (κ2) is 5.40. The van der Waals surface area contributed by atoms with Crippen molar-refractivity contribution >= 4 is 5.91 Å². The summed E-state index contributed by atoms with van der Waals surface area (Å²) in [4.78, 5) is 12.4. The molecule has 0 saturated heterocycles. The average molecular weight is 282 g/mol. The zero-order valence-corrected chi connectivity index (χ0v) is 12.9. The Morgan fingerprint density at radius 3 is 2.67 bits per heavy atom. The Labute approximate surface area is 126 Å². The van der Waals surface area contributed by atoms with E-state index in [4.69, 9.17) is 0 Å². The number of rotatable bonds is 4. The van der Waals surface area contributed by atoms with Gasteiger partial charge < -0.3 is 9.88 Å². The van der Waals surface area contributed by atoms with Gasteiger partial charge in [-0.3, -0.25) is 4.79 Å². The summed E-state index contributed by atoms with van der Waals surface area (Å²) in [6, 6.07) is 10.9. The Morgan fingerprint density at radius 2 is 2.00 bits per heavy atom. The lowest BCUT2D eigenvalue weighted by Gasteiger charge is -2.08. The largest absolute Gasteiger partial charge is 0.348 e. The van der Waals surface area contributed by atoms with Crippen LogP contribution >= 0.6 is 0 Å². The quantitative estimate of drug-likeness (QED) is 0.912. The van der Waals surface area contributed by atoms with Crippen LogP contribution in [0.5, 0.6) is 0 Å². The number of amides is 1. The Morgan fingerprint density at radius 1 is 1.24 bits per heavy atom. The molecule has 1 N–H and O–H groups in total. The van der Waals surface area contributed by atoms with Gasteiger partial charge in [-0.25, -0.2) is 0 Å². The molecule has 0 spiro atoms. The van der Waals surface area contributed by atoms with Gasteiger partial charge in [0.15, 0.2) is 0 Å². The Kier molecular flexibility index (Phi) is 3.58. The summed E-state index contributed by atoms with van der Waals surface area (Å²) < 4.78 is 2.31. The predicted octanol–water partition coefficient (Wildman–Crippen LogP) is 3.68. The predicted molar refractivity (Wildman–Crippen MR) is 84.5 cm³/mol. The number of aromatic nitrogens is 1. The highest BCUT2D eigenvalue weighted by molar-refractivity contribution is 5.95. The minimum absolute atomic E-state index is 0.0245. The van der Waals surface area contributed by atoms with Crippen LogP contribution in [-0.2, 0) is 6.54 Å². The van der Waals surface area contributed by atoms with Crippen LogP contribution in [0.1, 0.15) is 51.8 Å². The second-order valence-electron chi connectivity index (χ2n) is 6.06. The molecule has 1 aliphatic rings. The summed E-state index contributed by atoms with van der Waals surface area (Å²) in [6.45, 7) is 6.78. The summed E-state index contributed by atoms with van der Waals surface area (Å²) in [7, 11) is 0. The summed E-state index contributed by atoms with van der Waals surface area (Å²) in [5.74, 6) is 0.0245. The lowest BCUT2D eigenvalue weighted by atomic mass is 10.1. The number of benzene rings is 1. The van der Waals surface area contributed by atoms with Crippen LogP contribution in [0, 0.1) is 20.8 Å². The van der Waals surface area contributed by atoms with E-state index in [2.05, 4.69) is 35.9 Å². The summed E-state index contributed by atoms with van der Waals surface area (Å²) in [5.41, 5.74) is 5.45. The minimum atomic E-state index is 0.0245. The molecule has 21 heavy (non-hydrogen) atoms. The topological polar surface area (TPSA) is 34.0 Å². The van der Waals surface area contributed by atoms with Gasteiger partial charge >= 0.3 is 0 Å². The molecule has 0 bridgehead atoms. The number of nitrogens with one attached hydrogen (secondary N) is 1. The van der Waals surface area contributed by atoms with Crippen molar-refractivity contribution in [2.45, 2.75) is 46.2 Å². The minimum Gasteiger partial charge on any atom is -0.348 e. The van der Waals surface area contributed by atoms with E-state index in [0.717, 1.165) is 16.8 Å². The molecule has 1 amide bonds. The van der Waals surface area contributed by atoms with Gasteiger partial charge in [0.25, 0.3) is 5.91 Å². The van der Waals surface area contributed by atoms with E-state index >= 15 is 0 Å². The monoisotopic (exact) mass is 282 g/mol. The number of hydrogen-bond donors (Lipinski definition) is 1. The smallest absolute Gasteiger partial charge is 0.253 e. The highest BCUT2D eigenvalue weighted by atomic mass is 16.1. The van der Waals surface area contributed by atoms with Crippen LogP contribution in [0.3, 0.4) is 0 Å². The summed E-state index contributed by atoms with van der Waals surface area (Å²) >= 11 is 0. The van der Waals surface area contributed by atoms with Crippen molar-refractivity contribution in [2.75, 3.05) is 0 Å². The van der Waals surface area contributed by atoms with E-state index in [0.29, 0.717) is 12.6 Å². The fourth-order valence-electron chi connectivity index (χ4n) is 3.00. The van der Waals surface area contributed by atoms with Gasteiger partial charge in [0, 0.05) is 24.0 Å². The average Bonchev–Trinajstić information content (AvgIpc) is 3.22. The van der Waals surface area contributed by atoms with Crippen molar-refractivity contribution in [3.8, 4) is 0 Å². The van der Waals surface area contributed by atoms with Crippen molar-refractivity contribution < 1.29 is 4.79 Å². The normalized spacial score (nSPS) is 14.2. The van der Waals surface area contributed by atoms with E-state index in [-0.39, 0.29) is 5.91 Å². The van der Waals surface area contributed by atoms with Crippen molar-refractivity contribution in [3.05, 3.63) is 58.4 Å². The van der Waals surface area contributed by atoms with Gasteiger partial charge in [0.2, 0.25) is 0 Å². The van der Waals surface area contributed by atoms with Crippen LogP contribution in [0.2, 0.25) is 0 Å². The van der Waals surface area contributed by atoms with E-state index < -0.39 is 0 Å². The molecule has 1 saturated carbocycles. The van der Waals surface area contributed by atoms with Crippen LogP contribution < -0.4 is 5.32 Å². The van der Waals surface area contributed by atoms with Crippen LogP contribution in [-0.4, -0.2) is 10.5 Å². The second-order valence-corrected chi connectivity index (χ2v) is 6.06. The lowest BCUT2D eigenvalue weighted by Crippen LogP contribution is -2.23. The fraction of sp³-hybridized carbons (Fsp3) is 0.389. The molecule has 3 heteroatoms.